The highest BCUT2D eigenvalue weighted by atomic mass is 16.3. The highest BCUT2D eigenvalue weighted by Gasteiger charge is 2.11. The summed E-state index contributed by atoms with van der Waals surface area (Å²) in [6.45, 7) is 8.48. The molecule has 1 unspecified atom stereocenters. The summed E-state index contributed by atoms with van der Waals surface area (Å²) in [6, 6.07) is 14.2. The van der Waals surface area contributed by atoms with Crippen LogP contribution < -0.4 is 5.32 Å². The lowest BCUT2D eigenvalue weighted by molar-refractivity contribution is 0.465. The zero-order valence-corrected chi connectivity index (χ0v) is 12.6. The Labute approximate surface area is 121 Å². The monoisotopic (exact) mass is 269 g/mol. The zero-order valence-electron chi connectivity index (χ0n) is 12.6. The predicted molar refractivity (Wildman–Crippen MR) is 85.4 cm³/mol. The second kappa shape index (κ2) is 6.00. The minimum Gasteiger partial charge on any atom is -0.508 e. The maximum absolute atomic E-state index is 9.99. The first-order chi connectivity index (χ1) is 9.47. The van der Waals surface area contributed by atoms with Gasteiger partial charge in [-0.2, -0.15) is 0 Å². The van der Waals surface area contributed by atoms with Crippen molar-refractivity contribution in [1.82, 2.24) is 0 Å². The van der Waals surface area contributed by atoms with E-state index < -0.39 is 0 Å². The van der Waals surface area contributed by atoms with E-state index in [1.807, 2.05) is 19.1 Å². The van der Waals surface area contributed by atoms with Gasteiger partial charge in [0, 0.05) is 11.3 Å². The summed E-state index contributed by atoms with van der Waals surface area (Å²) in [5, 5.41) is 13.4. The Morgan fingerprint density at radius 2 is 1.75 bits per heavy atom. The van der Waals surface area contributed by atoms with E-state index in [1.165, 1.54) is 5.56 Å². The fraction of sp³-hybridized carbons (Fsp3) is 0.333. The summed E-state index contributed by atoms with van der Waals surface area (Å²) in [6.07, 6.45) is 0. The number of nitrogens with one attached hydrogen (secondary N) is 1. The van der Waals surface area contributed by atoms with Crippen LogP contribution in [0.4, 0.5) is 5.69 Å². The summed E-state index contributed by atoms with van der Waals surface area (Å²) in [5.74, 6) is 0.857. The zero-order chi connectivity index (χ0) is 14.7. The van der Waals surface area contributed by atoms with Gasteiger partial charge in [0.1, 0.15) is 5.75 Å². The fourth-order valence-electron chi connectivity index (χ4n) is 2.34. The van der Waals surface area contributed by atoms with E-state index in [1.54, 1.807) is 6.07 Å². The van der Waals surface area contributed by atoms with Crippen molar-refractivity contribution < 1.29 is 5.11 Å². The van der Waals surface area contributed by atoms with Crippen LogP contribution in [0, 0.1) is 6.92 Å². The highest BCUT2D eigenvalue weighted by molar-refractivity contribution is 5.50. The molecule has 0 spiro atoms. The van der Waals surface area contributed by atoms with Crippen LogP contribution in [0.3, 0.4) is 0 Å². The molecule has 0 aromatic heterocycles. The van der Waals surface area contributed by atoms with E-state index in [4.69, 9.17) is 0 Å². The molecule has 0 aliphatic rings. The Morgan fingerprint density at radius 3 is 2.45 bits per heavy atom. The van der Waals surface area contributed by atoms with Gasteiger partial charge in [-0.3, -0.25) is 0 Å². The molecule has 0 heterocycles. The lowest BCUT2D eigenvalue weighted by atomic mass is 10.0. The molecule has 0 saturated carbocycles. The van der Waals surface area contributed by atoms with Crippen molar-refractivity contribution in [2.45, 2.75) is 39.7 Å². The van der Waals surface area contributed by atoms with Gasteiger partial charge in [-0.15, -0.1) is 0 Å². The molecule has 2 heteroatoms. The highest BCUT2D eigenvalue weighted by Crippen LogP contribution is 2.28. The molecule has 2 aromatic carbocycles. The third kappa shape index (κ3) is 3.32. The van der Waals surface area contributed by atoms with Gasteiger partial charge in [0.15, 0.2) is 0 Å². The number of rotatable bonds is 4. The van der Waals surface area contributed by atoms with E-state index in [0.717, 1.165) is 16.8 Å². The average molecular weight is 269 g/mol. The van der Waals surface area contributed by atoms with Crippen LogP contribution in [-0.4, -0.2) is 5.11 Å². The van der Waals surface area contributed by atoms with Gasteiger partial charge in [-0.05, 0) is 43.5 Å². The number of anilines is 1. The molecule has 1 atom stereocenters. The van der Waals surface area contributed by atoms with Crippen LogP contribution in [0.15, 0.2) is 42.5 Å². The van der Waals surface area contributed by atoms with Gasteiger partial charge in [0.2, 0.25) is 0 Å². The SMILES string of the molecule is Cc1ccc(O)c(C(C)Nc2cccc(C(C)C)c2)c1. The number of phenols is 1. The van der Waals surface area contributed by atoms with E-state index in [2.05, 4.69) is 50.4 Å². The lowest BCUT2D eigenvalue weighted by Crippen LogP contribution is -2.07. The van der Waals surface area contributed by atoms with Crippen LogP contribution in [0.2, 0.25) is 0 Å². The van der Waals surface area contributed by atoms with Crippen molar-refractivity contribution in [2.24, 2.45) is 0 Å². The first-order valence-corrected chi connectivity index (χ1v) is 7.13. The standard InChI is InChI=1S/C18H23NO/c1-12(2)15-6-5-7-16(11-15)19-14(4)17-10-13(3)8-9-18(17)20/h5-12,14,19-20H,1-4H3. The third-order valence-corrected chi connectivity index (χ3v) is 3.59. The molecule has 0 amide bonds. The second-order valence-electron chi connectivity index (χ2n) is 5.71. The summed E-state index contributed by atoms with van der Waals surface area (Å²) in [7, 11) is 0. The van der Waals surface area contributed by atoms with Gasteiger partial charge >= 0.3 is 0 Å². The quantitative estimate of drug-likeness (QED) is 0.819. The van der Waals surface area contributed by atoms with Crippen LogP contribution in [-0.2, 0) is 0 Å². The Morgan fingerprint density at radius 1 is 1.00 bits per heavy atom. The summed E-state index contributed by atoms with van der Waals surface area (Å²) in [5.41, 5.74) is 4.49. The van der Waals surface area contributed by atoms with Crippen molar-refractivity contribution in [2.75, 3.05) is 5.32 Å². The molecule has 2 N–H and O–H groups in total. The first kappa shape index (κ1) is 14.4. The van der Waals surface area contributed by atoms with Crippen molar-refractivity contribution in [1.29, 1.82) is 0 Å². The molecule has 20 heavy (non-hydrogen) atoms. The topological polar surface area (TPSA) is 32.3 Å². The van der Waals surface area contributed by atoms with Gasteiger partial charge in [-0.25, -0.2) is 0 Å². The molecule has 2 aromatic rings. The van der Waals surface area contributed by atoms with Crippen molar-refractivity contribution >= 4 is 5.69 Å². The number of aromatic hydroxyl groups is 1. The largest absolute Gasteiger partial charge is 0.508 e. The number of hydrogen-bond acceptors (Lipinski definition) is 2. The van der Waals surface area contributed by atoms with Crippen molar-refractivity contribution in [3.05, 3.63) is 59.2 Å². The molecule has 2 rings (SSSR count). The molecule has 0 aliphatic heterocycles. The van der Waals surface area contributed by atoms with Crippen molar-refractivity contribution in [3.8, 4) is 5.75 Å². The molecule has 0 saturated heterocycles. The van der Waals surface area contributed by atoms with Crippen LogP contribution in [0.1, 0.15) is 49.4 Å². The van der Waals surface area contributed by atoms with Gasteiger partial charge in [-0.1, -0.05) is 43.7 Å². The molecule has 0 aliphatic carbocycles. The molecule has 0 fully saturated rings. The summed E-state index contributed by atoms with van der Waals surface area (Å²) in [4.78, 5) is 0. The molecule has 0 bridgehead atoms. The maximum atomic E-state index is 9.99. The number of benzene rings is 2. The number of hydrogen-bond donors (Lipinski definition) is 2. The second-order valence-corrected chi connectivity index (χ2v) is 5.71. The molecule has 106 valence electrons. The first-order valence-electron chi connectivity index (χ1n) is 7.13. The molecular weight excluding hydrogens is 246 g/mol. The summed E-state index contributed by atoms with van der Waals surface area (Å²) >= 11 is 0. The third-order valence-electron chi connectivity index (χ3n) is 3.59. The van der Waals surface area contributed by atoms with E-state index >= 15 is 0 Å². The van der Waals surface area contributed by atoms with Gasteiger partial charge < -0.3 is 10.4 Å². The van der Waals surface area contributed by atoms with Crippen LogP contribution in [0.25, 0.3) is 0 Å². The maximum Gasteiger partial charge on any atom is 0.120 e. The van der Waals surface area contributed by atoms with Gasteiger partial charge in [0.25, 0.3) is 0 Å². The molecule has 0 radical (unpaired) electrons. The molecule has 2 nitrogen and oxygen atoms in total. The van der Waals surface area contributed by atoms with Crippen LogP contribution >= 0.6 is 0 Å². The summed E-state index contributed by atoms with van der Waals surface area (Å²) < 4.78 is 0. The van der Waals surface area contributed by atoms with E-state index in [9.17, 15) is 5.11 Å². The number of aryl methyl sites for hydroxylation is 1. The Bertz CT molecular complexity index is 590. The van der Waals surface area contributed by atoms with Crippen LogP contribution in [0.5, 0.6) is 5.75 Å². The minimum atomic E-state index is 0.0670. The fourth-order valence-corrected chi connectivity index (χ4v) is 2.34. The molecular formula is C18H23NO. The smallest absolute Gasteiger partial charge is 0.120 e. The van der Waals surface area contributed by atoms with Gasteiger partial charge in [0.05, 0.1) is 6.04 Å². The minimum absolute atomic E-state index is 0.0670. The van der Waals surface area contributed by atoms with Crippen molar-refractivity contribution in [3.63, 3.8) is 0 Å². The number of phenolic OH excluding ortho intramolecular Hbond substituents is 1. The Hall–Kier alpha value is -1.96. The lowest BCUT2D eigenvalue weighted by Gasteiger charge is -2.18. The van der Waals surface area contributed by atoms with E-state index in [-0.39, 0.29) is 6.04 Å². The normalized spacial score (nSPS) is 12.4. The Balaban J connectivity index is 2.21. The average Bonchev–Trinajstić information content (AvgIpc) is 2.41. The van der Waals surface area contributed by atoms with E-state index in [0.29, 0.717) is 11.7 Å². The Kier molecular flexibility index (Phi) is 4.33. The predicted octanol–water partition coefficient (Wildman–Crippen LogP) is 5.00.